The average Bonchev–Trinajstić information content (AvgIpc) is 2.48. The Bertz CT molecular complexity index is 416. The maximum Gasteiger partial charge on any atom is 0.119 e. The minimum Gasteiger partial charge on any atom is -0.493 e. The maximum absolute atomic E-state index is 5.80. The Balaban J connectivity index is 2.10. The standard InChI is InChI=1S/C19H31NO/c1-15(2)13-21-18-7-5-17(6-8-18)19(14-20-4)11-9-16(3)10-12-19/h5-8,15-16,20H,9-14H2,1-4H3. The van der Waals surface area contributed by atoms with E-state index in [0.29, 0.717) is 11.3 Å². The molecule has 0 unspecified atom stereocenters. The average molecular weight is 289 g/mol. The minimum absolute atomic E-state index is 0.317. The molecule has 1 aromatic carbocycles. The molecule has 0 aliphatic heterocycles. The molecule has 2 nitrogen and oxygen atoms in total. The topological polar surface area (TPSA) is 21.3 Å². The van der Waals surface area contributed by atoms with Crippen LogP contribution in [-0.2, 0) is 5.41 Å². The van der Waals surface area contributed by atoms with Gasteiger partial charge in [-0.15, -0.1) is 0 Å². The van der Waals surface area contributed by atoms with E-state index in [-0.39, 0.29) is 0 Å². The zero-order valence-electron chi connectivity index (χ0n) is 14.1. The van der Waals surface area contributed by atoms with Crippen molar-refractivity contribution in [3.05, 3.63) is 29.8 Å². The number of rotatable bonds is 6. The predicted octanol–water partition coefficient (Wildman–Crippen LogP) is 4.39. The van der Waals surface area contributed by atoms with E-state index < -0.39 is 0 Å². The normalized spacial score (nSPS) is 26.0. The fourth-order valence-electron chi connectivity index (χ4n) is 3.39. The fraction of sp³-hybridized carbons (Fsp3) is 0.684. The first-order chi connectivity index (χ1) is 10.1. The molecule has 1 aromatic rings. The van der Waals surface area contributed by atoms with Gasteiger partial charge in [-0.2, -0.15) is 0 Å². The molecule has 1 aliphatic rings. The van der Waals surface area contributed by atoms with Gasteiger partial charge in [-0.05, 0) is 62.3 Å². The first kappa shape index (κ1) is 16.4. The third-order valence-corrected chi connectivity index (χ3v) is 4.80. The molecule has 0 saturated heterocycles. The summed E-state index contributed by atoms with van der Waals surface area (Å²) in [7, 11) is 2.07. The summed E-state index contributed by atoms with van der Waals surface area (Å²) in [5, 5.41) is 3.42. The second kappa shape index (κ2) is 7.31. The van der Waals surface area contributed by atoms with Crippen LogP contribution in [0.15, 0.2) is 24.3 Å². The van der Waals surface area contributed by atoms with Crippen LogP contribution in [0.4, 0.5) is 0 Å². The largest absolute Gasteiger partial charge is 0.493 e. The van der Waals surface area contributed by atoms with E-state index in [9.17, 15) is 0 Å². The van der Waals surface area contributed by atoms with E-state index in [1.807, 2.05) is 0 Å². The van der Waals surface area contributed by atoms with Crippen molar-refractivity contribution >= 4 is 0 Å². The Hall–Kier alpha value is -1.02. The first-order valence-corrected chi connectivity index (χ1v) is 8.44. The van der Waals surface area contributed by atoms with Gasteiger partial charge in [-0.1, -0.05) is 32.9 Å². The van der Waals surface area contributed by atoms with Gasteiger partial charge in [-0.25, -0.2) is 0 Å². The summed E-state index contributed by atoms with van der Waals surface area (Å²) < 4.78 is 5.80. The quantitative estimate of drug-likeness (QED) is 0.838. The SMILES string of the molecule is CNCC1(c2ccc(OCC(C)C)cc2)CCC(C)CC1. The van der Waals surface area contributed by atoms with E-state index in [4.69, 9.17) is 4.74 Å². The van der Waals surface area contributed by atoms with Crippen LogP contribution in [0.25, 0.3) is 0 Å². The highest BCUT2D eigenvalue weighted by atomic mass is 16.5. The number of ether oxygens (including phenoxy) is 1. The lowest BCUT2D eigenvalue weighted by molar-refractivity contribution is 0.237. The summed E-state index contributed by atoms with van der Waals surface area (Å²) >= 11 is 0. The summed E-state index contributed by atoms with van der Waals surface area (Å²) in [6.45, 7) is 8.61. The van der Waals surface area contributed by atoms with Crippen LogP contribution in [0.5, 0.6) is 5.75 Å². The van der Waals surface area contributed by atoms with Crippen molar-refractivity contribution in [1.82, 2.24) is 5.32 Å². The lowest BCUT2D eigenvalue weighted by Crippen LogP contribution is -2.40. The van der Waals surface area contributed by atoms with E-state index in [1.54, 1.807) is 0 Å². The summed E-state index contributed by atoms with van der Waals surface area (Å²) in [5.41, 5.74) is 1.79. The summed E-state index contributed by atoms with van der Waals surface area (Å²) in [4.78, 5) is 0. The molecule has 0 bridgehead atoms. The number of nitrogens with one attached hydrogen (secondary N) is 1. The van der Waals surface area contributed by atoms with Gasteiger partial charge < -0.3 is 10.1 Å². The Morgan fingerprint density at radius 2 is 1.81 bits per heavy atom. The molecular formula is C19H31NO. The molecule has 0 radical (unpaired) electrons. The van der Waals surface area contributed by atoms with Gasteiger partial charge >= 0.3 is 0 Å². The molecule has 118 valence electrons. The highest BCUT2D eigenvalue weighted by Crippen LogP contribution is 2.41. The second-order valence-corrected chi connectivity index (χ2v) is 7.22. The van der Waals surface area contributed by atoms with Crippen molar-refractivity contribution in [3.63, 3.8) is 0 Å². The van der Waals surface area contributed by atoms with Gasteiger partial charge in [0.25, 0.3) is 0 Å². The van der Waals surface area contributed by atoms with Crippen molar-refractivity contribution in [1.29, 1.82) is 0 Å². The molecule has 2 rings (SSSR count). The van der Waals surface area contributed by atoms with Crippen LogP contribution >= 0.6 is 0 Å². The zero-order chi connectivity index (χ0) is 15.3. The van der Waals surface area contributed by atoms with Crippen molar-refractivity contribution in [2.45, 2.75) is 51.9 Å². The van der Waals surface area contributed by atoms with E-state index in [1.165, 1.54) is 31.2 Å². The Morgan fingerprint density at radius 3 is 2.33 bits per heavy atom. The molecule has 0 atom stereocenters. The molecule has 0 spiro atoms. The van der Waals surface area contributed by atoms with Gasteiger partial charge in [0, 0.05) is 12.0 Å². The van der Waals surface area contributed by atoms with Crippen LogP contribution in [0.2, 0.25) is 0 Å². The number of likely N-dealkylation sites (N-methyl/N-ethyl adjacent to an activating group) is 1. The van der Waals surface area contributed by atoms with Crippen LogP contribution < -0.4 is 10.1 Å². The van der Waals surface area contributed by atoms with Gasteiger partial charge in [0.1, 0.15) is 5.75 Å². The Labute approximate surface area is 130 Å². The molecular weight excluding hydrogens is 258 g/mol. The second-order valence-electron chi connectivity index (χ2n) is 7.22. The Morgan fingerprint density at radius 1 is 1.19 bits per heavy atom. The van der Waals surface area contributed by atoms with Gasteiger partial charge in [0.15, 0.2) is 0 Å². The number of hydrogen-bond donors (Lipinski definition) is 1. The molecule has 2 heteroatoms. The van der Waals surface area contributed by atoms with Crippen molar-refractivity contribution < 1.29 is 4.74 Å². The lowest BCUT2D eigenvalue weighted by Gasteiger charge is -2.40. The summed E-state index contributed by atoms with van der Waals surface area (Å²) in [6, 6.07) is 8.85. The highest BCUT2D eigenvalue weighted by molar-refractivity contribution is 5.33. The smallest absolute Gasteiger partial charge is 0.119 e. The minimum atomic E-state index is 0.317. The number of benzene rings is 1. The third kappa shape index (κ3) is 4.23. The molecule has 0 heterocycles. The van der Waals surface area contributed by atoms with Gasteiger partial charge in [0.2, 0.25) is 0 Å². The molecule has 1 saturated carbocycles. The van der Waals surface area contributed by atoms with Gasteiger partial charge in [-0.3, -0.25) is 0 Å². The summed E-state index contributed by atoms with van der Waals surface area (Å²) in [6.07, 6.45) is 5.27. The predicted molar refractivity (Wildman–Crippen MR) is 90.0 cm³/mol. The van der Waals surface area contributed by atoms with Crippen molar-refractivity contribution in [2.75, 3.05) is 20.2 Å². The van der Waals surface area contributed by atoms with Crippen LogP contribution in [-0.4, -0.2) is 20.2 Å². The van der Waals surface area contributed by atoms with Crippen LogP contribution in [0, 0.1) is 11.8 Å². The monoisotopic (exact) mass is 289 g/mol. The molecule has 0 amide bonds. The third-order valence-electron chi connectivity index (χ3n) is 4.80. The highest BCUT2D eigenvalue weighted by Gasteiger charge is 2.35. The number of hydrogen-bond acceptors (Lipinski definition) is 2. The van der Waals surface area contributed by atoms with E-state index >= 15 is 0 Å². The van der Waals surface area contributed by atoms with E-state index in [0.717, 1.165) is 24.8 Å². The molecule has 0 aromatic heterocycles. The molecule has 1 N–H and O–H groups in total. The van der Waals surface area contributed by atoms with Crippen molar-refractivity contribution in [2.24, 2.45) is 11.8 Å². The van der Waals surface area contributed by atoms with Crippen LogP contribution in [0.1, 0.15) is 52.0 Å². The molecule has 1 fully saturated rings. The summed E-state index contributed by atoms with van der Waals surface area (Å²) in [5.74, 6) is 2.44. The Kier molecular flexibility index (Phi) is 5.69. The molecule has 1 aliphatic carbocycles. The van der Waals surface area contributed by atoms with Gasteiger partial charge in [0.05, 0.1) is 6.61 Å². The van der Waals surface area contributed by atoms with Crippen molar-refractivity contribution in [3.8, 4) is 5.75 Å². The lowest BCUT2D eigenvalue weighted by atomic mass is 9.67. The maximum atomic E-state index is 5.80. The fourth-order valence-corrected chi connectivity index (χ4v) is 3.39. The molecule has 21 heavy (non-hydrogen) atoms. The van der Waals surface area contributed by atoms with Crippen LogP contribution in [0.3, 0.4) is 0 Å². The first-order valence-electron chi connectivity index (χ1n) is 8.44. The zero-order valence-corrected chi connectivity index (χ0v) is 14.1. The van der Waals surface area contributed by atoms with E-state index in [2.05, 4.69) is 57.4 Å².